The van der Waals surface area contributed by atoms with Crippen LogP contribution in [0, 0.1) is 0 Å². The standard InChI is InChI=1S/C15H11BrF3NO/c16-13-7-11(6-12(8-13)15(17,18)19)14(21)20-9-10-4-2-1-3-5-10/h1-8H,9H2,(H,20,21). The molecule has 0 atom stereocenters. The van der Waals surface area contributed by atoms with Crippen molar-refractivity contribution in [1.29, 1.82) is 0 Å². The molecule has 0 unspecified atom stereocenters. The van der Waals surface area contributed by atoms with Crippen molar-refractivity contribution in [2.24, 2.45) is 0 Å². The summed E-state index contributed by atoms with van der Waals surface area (Å²) in [6.45, 7) is 0.257. The first-order chi connectivity index (χ1) is 9.86. The first-order valence-corrected chi connectivity index (χ1v) is 6.85. The maximum atomic E-state index is 12.7. The summed E-state index contributed by atoms with van der Waals surface area (Å²) in [6.07, 6.45) is -4.49. The van der Waals surface area contributed by atoms with Crippen LogP contribution in [0.5, 0.6) is 0 Å². The van der Waals surface area contributed by atoms with E-state index in [2.05, 4.69) is 21.2 Å². The molecule has 2 nitrogen and oxygen atoms in total. The van der Waals surface area contributed by atoms with E-state index in [1.54, 1.807) is 0 Å². The largest absolute Gasteiger partial charge is 0.416 e. The summed E-state index contributed by atoms with van der Waals surface area (Å²) in [5, 5.41) is 2.59. The molecule has 0 spiro atoms. The highest BCUT2D eigenvalue weighted by Crippen LogP contribution is 2.32. The van der Waals surface area contributed by atoms with Gasteiger partial charge >= 0.3 is 6.18 Å². The van der Waals surface area contributed by atoms with Gasteiger partial charge in [0.15, 0.2) is 0 Å². The monoisotopic (exact) mass is 357 g/mol. The van der Waals surface area contributed by atoms with E-state index in [0.29, 0.717) is 0 Å². The number of carbonyl (C=O) groups is 1. The van der Waals surface area contributed by atoms with Gasteiger partial charge in [0.25, 0.3) is 5.91 Å². The Labute approximate surface area is 128 Å². The molecule has 1 amide bonds. The zero-order valence-electron chi connectivity index (χ0n) is 10.7. The molecule has 21 heavy (non-hydrogen) atoms. The zero-order valence-corrected chi connectivity index (χ0v) is 12.3. The van der Waals surface area contributed by atoms with E-state index in [1.165, 1.54) is 6.07 Å². The highest BCUT2D eigenvalue weighted by atomic mass is 79.9. The van der Waals surface area contributed by atoms with Crippen molar-refractivity contribution in [3.05, 3.63) is 69.7 Å². The van der Waals surface area contributed by atoms with Crippen LogP contribution in [0.15, 0.2) is 53.0 Å². The van der Waals surface area contributed by atoms with Gasteiger partial charge < -0.3 is 5.32 Å². The lowest BCUT2D eigenvalue weighted by molar-refractivity contribution is -0.137. The first kappa shape index (κ1) is 15.6. The van der Waals surface area contributed by atoms with Crippen molar-refractivity contribution in [3.8, 4) is 0 Å². The maximum Gasteiger partial charge on any atom is 0.416 e. The van der Waals surface area contributed by atoms with Crippen LogP contribution in [0.4, 0.5) is 13.2 Å². The van der Waals surface area contributed by atoms with E-state index in [1.807, 2.05) is 30.3 Å². The van der Waals surface area contributed by atoms with Gasteiger partial charge in [-0.1, -0.05) is 46.3 Å². The van der Waals surface area contributed by atoms with Crippen LogP contribution in [-0.2, 0) is 12.7 Å². The van der Waals surface area contributed by atoms with E-state index in [9.17, 15) is 18.0 Å². The number of hydrogen-bond donors (Lipinski definition) is 1. The van der Waals surface area contributed by atoms with Crippen molar-refractivity contribution >= 4 is 21.8 Å². The van der Waals surface area contributed by atoms with Gasteiger partial charge in [-0.25, -0.2) is 0 Å². The molecule has 0 bridgehead atoms. The van der Waals surface area contributed by atoms with Crippen molar-refractivity contribution < 1.29 is 18.0 Å². The molecule has 2 rings (SSSR count). The molecule has 0 saturated carbocycles. The van der Waals surface area contributed by atoms with Crippen LogP contribution in [0.3, 0.4) is 0 Å². The molecule has 110 valence electrons. The molecule has 0 aliphatic carbocycles. The summed E-state index contributed by atoms with van der Waals surface area (Å²) < 4.78 is 38.3. The molecule has 1 N–H and O–H groups in total. The second-order valence-corrected chi connectivity index (χ2v) is 5.31. The summed E-state index contributed by atoms with van der Waals surface area (Å²) in [5.74, 6) is -0.550. The van der Waals surface area contributed by atoms with Gasteiger partial charge in [0.05, 0.1) is 5.56 Å². The molecule has 0 radical (unpaired) electrons. The average molecular weight is 358 g/mol. The zero-order chi connectivity index (χ0) is 15.5. The SMILES string of the molecule is O=C(NCc1ccccc1)c1cc(Br)cc(C(F)(F)F)c1. The number of hydrogen-bond acceptors (Lipinski definition) is 1. The van der Waals surface area contributed by atoms with Crippen LogP contribution >= 0.6 is 15.9 Å². The second kappa shape index (κ2) is 6.30. The smallest absolute Gasteiger partial charge is 0.348 e. The van der Waals surface area contributed by atoms with Crippen LogP contribution < -0.4 is 5.32 Å². The number of carbonyl (C=O) groups excluding carboxylic acids is 1. The number of benzene rings is 2. The third-order valence-electron chi connectivity index (χ3n) is 2.78. The molecule has 0 aromatic heterocycles. The van der Waals surface area contributed by atoms with E-state index < -0.39 is 17.6 Å². The van der Waals surface area contributed by atoms with E-state index in [-0.39, 0.29) is 16.6 Å². The maximum absolute atomic E-state index is 12.7. The first-order valence-electron chi connectivity index (χ1n) is 6.06. The predicted molar refractivity (Wildman–Crippen MR) is 76.8 cm³/mol. The normalized spacial score (nSPS) is 11.2. The Balaban J connectivity index is 2.14. The van der Waals surface area contributed by atoms with Gasteiger partial charge in [-0.05, 0) is 23.8 Å². The Bertz CT molecular complexity index is 641. The lowest BCUT2D eigenvalue weighted by Gasteiger charge is -2.10. The number of amides is 1. The van der Waals surface area contributed by atoms with E-state index >= 15 is 0 Å². The Morgan fingerprint density at radius 3 is 2.38 bits per heavy atom. The predicted octanol–water partition coefficient (Wildman–Crippen LogP) is 4.40. The number of alkyl halides is 3. The Morgan fingerprint density at radius 1 is 1.10 bits per heavy atom. The van der Waals surface area contributed by atoms with Gasteiger partial charge in [0.1, 0.15) is 0 Å². The van der Waals surface area contributed by atoms with Gasteiger partial charge in [-0.2, -0.15) is 13.2 Å². The average Bonchev–Trinajstić information content (AvgIpc) is 2.44. The van der Waals surface area contributed by atoms with Gasteiger partial charge in [-0.3, -0.25) is 4.79 Å². The highest BCUT2D eigenvalue weighted by molar-refractivity contribution is 9.10. The number of halogens is 4. The lowest BCUT2D eigenvalue weighted by atomic mass is 10.1. The fraction of sp³-hybridized carbons (Fsp3) is 0.133. The molecular weight excluding hydrogens is 347 g/mol. The third-order valence-corrected chi connectivity index (χ3v) is 3.24. The minimum Gasteiger partial charge on any atom is -0.348 e. The molecule has 2 aromatic carbocycles. The van der Waals surface area contributed by atoms with Crippen LogP contribution in [0.25, 0.3) is 0 Å². The van der Waals surface area contributed by atoms with Crippen molar-refractivity contribution in [2.75, 3.05) is 0 Å². The number of nitrogens with one attached hydrogen (secondary N) is 1. The fourth-order valence-corrected chi connectivity index (χ4v) is 2.26. The van der Waals surface area contributed by atoms with Crippen LogP contribution in [0.2, 0.25) is 0 Å². The molecule has 0 heterocycles. The molecule has 0 aliphatic rings. The lowest BCUT2D eigenvalue weighted by Crippen LogP contribution is -2.23. The topological polar surface area (TPSA) is 29.1 Å². The minimum atomic E-state index is -4.49. The summed E-state index contributed by atoms with van der Waals surface area (Å²) in [6, 6.07) is 12.3. The summed E-state index contributed by atoms with van der Waals surface area (Å²) in [7, 11) is 0. The Kier molecular flexibility index (Phi) is 4.67. The summed E-state index contributed by atoms with van der Waals surface area (Å²) in [4.78, 5) is 12.0. The highest BCUT2D eigenvalue weighted by Gasteiger charge is 2.31. The molecule has 0 fully saturated rings. The van der Waals surface area contributed by atoms with Crippen molar-refractivity contribution in [3.63, 3.8) is 0 Å². The van der Waals surface area contributed by atoms with Gasteiger partial charge in [0, 0.05) is 16.6 Å². The molecule has 6 heteroatoms. The van der Waals surface area contributed by atoms with Crippen LogP contribution in [0.1, 0.15) is 21.5 Å². The van der Waals surface area contributed by atoms with Crippen molar-refractivity contribution in [1.82, 2.24) is 5.32 Å². The van der Waals surface area contributed by atoms with E-state index in [0.717, 1.165) is 17.7 Å². The molecular formula is C15H11BrF3NO. The molecule has 2 aromatic rings. The minimum absolute atomic E-state index is 0.0346. The fourth-order valence-electron chi connectivity index (χ4n) is 1.76. The van der Waals surface area contributed by atoms with E-state index in [4.69, 9.17) is 0 Å². The molecule has 0 aliphatic heterocycles. The third kappa shape index (κ3) is 4.32. The summed E-state index contributed by atoms with van der Waals surface area (Å²) >= 11 is 2.99. The Morgan fingerprint density at radius 2 is 1.76 bits per heavy atom. The van der Waals surface area contributed by atoms with Crippen molar-refractivity contribution in [2.45, 2.75) is 12.7 Å². The quantitative estimate of drug-likeness (QED) is 0.866. The second-order valence-electron chi connectivity index (χ2n) is 4.39. The van der Waals surface area contributed by atoms with Gasteiger partial charge in [-0.15, -0.1) is 0 Å². The Hall–Kier alpha value is -1.82. The van der Waals surface area contributed by atoms with Gasteiger partial charge in [0.2, 0.25) is 0 Å². The van der Waals surface area contributed by atoms with Crippen LogP contribution in [-0.4, -0.2) is 5.91 Å². The number of rotatable bonds is 3. The summed E-state index contributed by atoms with van der Waals surface area (Å²) in [5.41, 5.74) is -0.0220. The molecule has 0 saturated heterocycles.